The van der Waals surface area contributed by atoms with Crippen molar-refractivity contribution in [3.05, 3.63) is 53.6 Å². The van der Waals surface area contributed by atoms with Crippen molar-refractivity contribution < 1.29 is 37.4 Å². The van der Waals surface area contributed by atoms with E-state index < -0.39 is 25.1 Å². The molecule has 0 unspecified atom stereocenters. The second-order valence-corrected chi connectivity index (χ2v) is 6.21. The highest BCUT2D eigenvalue weighted by molar-refractivity contribution is 6.00. The van der Waals surface area contributed by atoms with Gasteiger partial charge >= 0.3 is 12.6 Å². The van der Waals surface area contributed by atoms with Crippen LogP contribution in [-0.2, 0) is 14.3 Å². The van der Waals surface area contributed by atoms with Crippen LogP contribution in [0.4, 0.5) is 14.5 Å². The number of hydrogen-bond acceptors (Lipinski definition) is 6. The van der Waals surface area contributed by atoms with Crippen molar-refractivity contribution in [2.24, 2.45) is 0 Å². The minimum Gasteiger partial charge on any atom is -0.496 e. The number of benzene rings is 2. The number of rotatable bonds is 10. The second kappa shape index (κ2) is 10.9. The van der Waals surface area contributed by atoms with Gasteiger partial charge in [-0.05, 0) is 31.2 Å². The van der Waals surface area contributed by atoms with Crippen LogP contribution in [0, 0.1) is 6.92 Å². The molecule has 0 fully saturated rings. The summed E-state index contributed by atoms with van der Waals surface area (Å²) in [5.74, 6) is -1.59. The molecule has 0 radical (unpaired) electrons. The molecule has 0 saturated carbocycles. The largest absolute Gasteiger partial charge is 0.496 e. The molecule has 0 saturated heterocycles. The van der Waals surface area contributed by atoms with E-state index >= 15 is 0 Å². The number of ether oxygens (including phenoxy) is 3. The monoisotopic (exact) mass is 421 g/mol. The van der Waals surface area contributed by atoms with Crippen LogP contribution in [0.1, 0.15) is 28.8 Å². The first-order valence-electron chi connectivity index (χ1n) is 8.97. The summed E-state index contributed by atoms with van der Waals surface area (Å²) in [4.78, 5) is 36.1. The molecular weight excluding hydrogens is 400 g/mol. The zero-order chi connectivity index (χ0) is 22.1. The van der Waals surface area contributed by atoms with Crippen molar-refractivity contribution in [2.75, 3.05) is 19.0 Å². The minimum absolute atomic E-state index is 0.0144. The number of esters is 1. The van der Waals surface area contributed by atoms with Gasteiger partial charge in [0.15, 0.2) is 12.4 Å². The zero-order valence-corrected chi connectivity index (χ0v) is 16.4. The molecule has 9 heteroatoms. The highest BCUT2D eigenvalue weighted by Crippen LogP contribution is 2.25. The third kappa shape index (κ3) is 6.84. The molecule has 30 heavy (non-hydrogen) atoms. The van der Waals surface area contributed by atoms with Crippen molar-refractivity contribution in [3.63, 3.8) is 0 Å². The average molecular weight is 421 g/mol. The van der Waals surface area contributed by atoms with E-state index in [1.165, 1.54) is 31.4 Å². The topological polar surface area (TPSA) is 90.9 Å². The molecule has 160 valence electrons. The number of ketones is 1. The van der Waals surface area contributed by atoms with Gasteiger partial charge in [0.25, 0.3) is 5.91 Å². The standard InChI is InChI=1S/C21H21F2NO6/c1-13-7-9-17(28-2)14(11-13)16(25)8-10-20(27)29-12-19(26)24-15-5-3-4-6-18(15)30-21(22)23/h3-7,9,11,21H,8,10,12H2,1-2H3,(H,24,26). The number of para-hydroxylation sites is 2. The Labute approximate surface area is 171 Å². The zero-order valence-electron chi connectivity index (χ0n) is 16.4. The molecule has 0 aliphatic carbocycles. The number of aryl methyl sites for hydroxylation is 1. The number of nitrogens with one attached hydrogen (secondary N) is 1. The summed E-state index contributed by atoms with van der Waals surface area (Å²) < 4.78 is 39.1. The van der Waals surface area contributed by atoms with Crippen LogP contribution >= 0.6 is 0 Å². The Kier molecular flexibility index (Phi) is 8.28. The summed E-state index contributed by atoms with van der Waals surface area (Å²) in [5, 5.41) is 2.33. The molecule has 2 rings (SSSR count). The molecule has 0 bridgehead atoms. The first kappa shape index (κ1) is 22.8. The van der Waals surface area contributed by atoms with E-state index in [2.05, 4.69) is 10.1 Å². The number of carbonyl (C=O) groups excluding carboxylic acids is 3. The Morgan fingerprint density at radius 2 is 1.77 bits per heavy atom. The Morgan fingerprint density at radius 1 is 1.03 bits per heavy atom. The van der Waals surface area contributed by atoms with Crippen LogP contribution in [0.3, 0.4) is 0 Å². The van der Waals surface area contributed by atoms with E-state index in [0.717, 1.165) is 5.56 Å². The molecule has 0 heterocycles. The van der Waals surface area contributed by atoms with Gasteiger partial charge in [0.1, 0.15) is 11.5 Å². The summed E-state index contributed by atoms with van der Waals surface area (Å²) in [6.45, 7) is -1.86. The normalized spacial score (nSPS) is 10.4. The van der Waals surface area contributed by atoms with Gasteiger partial charge in [-0.15, -0.1) is 0 Å². The van der Waals surface area contributed by atoms with Gasteiger partial charge in [-0.2, -0.15) is 8.78 Å². The molecular formula is C21H21F2NO6. The second-order valence-electron chi connectivity index (χ2n) is 6.21. The van der Waals surface area contributed by atoms with Gasteiger partial charge in [0.2, 0.25) is 0 Å². The van der Waals surface area contributed by atoms with Crippen molar-refractivity contribution >= 4 is 23.3 Å². The molecule has 2 aromatic rings. The molecule has 0 atom stereocenters. The van der Waals surface area contributed by atoms with E-state index in [4.69, 9.17) is 9.47 Å². The van der Waals surface area contributed by atoms with Gasteiger partial charge in [-0.1, -0.05) is 23.8 Å². The van der Waals surface area contributed by atoms with E-state index in [-0.39, 0.29) is 30.1 Å². The molecule has 0 aromatic heterocycles. The number of halogens is 2. The predicted molar refractivity (Wildman–Crippen MR) is 104 cm³/mol. The fraction of sp³-hybridized carbons (Fsp3) is 0.286. The van der Waals surface area contributed by atoms with Gasteiger partial charge in [0, 0.05) is 6.42 Å². The first-order valence-corrected chi connectivity index (χ1v) is 8.97. The number of hydrogen-bond donors (Lipinski definition) is 1. The summed E-state index contributed by atoms with van der Waals surface area (Å²) in [5.41, 5.74) is 1.24. The SMILES string of the molecule is COc1ccc(C)cc1C(=O)CCC(=O)OCC(=O)Nc1ccccc1OC(F)F. The van der Waals surface area contributed by atoms with Gasteiger partial charge in [-0.3, -0.25) is 14.4 Å². The lowest BCUT2D eigenvalue weighted by Crippen LogP contribution is -2.21. The predicted octanol–water partition coefficient (Wildman–Crippen LogP) is 3.75. The van der Waals surface area contributed by atoms with Crippen LogP contribution in [0.5, 0.6) is 11.5 Å². The van der Waals surface area contributed by atoms with E-state index in [0.29, 0.717) is 11.3 Å². The molecule has 2 aromatic carbocycles. The summed E-state index contributed by atoms with van der Waals surface area (Å²) in [6.07, 6.45) is -0.348. The number of Topliss-reactive ketones (excluding diaryl/α,β-unsaturated/α-hetero) is 1. The number of anilines is 1. The summed E-state index contributed by atoms with van der Waals surface area (Å²) in [7, 11) is 1.44. The number of amides is 1. The van der Waals surface area contributed by atoms with Crippen LogP contribution < -0.4 is 14.8 Å². The van der Waals surface area contributed by atoms with E-state index in [1.54, 1.807) is 18.2 Å². The quantitative estimate of drug-likeness (QED) is 0.464. The Hall–Kier alpha value is -3.49. The maximum absolute atomic E-state index is 12.4. The first-order chi connectivity index (χ1) is 14.3. The molecule has 0 spiro atoms. The van der Waals surface area contributed by atoms with E-state index in [9.17, 15) is 23.2 Å². The van der Waals surface area contributed by atoms with Crippen LogP contribution in [0.25, 0.3) is 0 Å². The minimum atomic E-state index is -3.05. The van der Waals surface area contributed by atoms with Gasteiger partial charge < -0.3 is 19.5 Å². The average Bonchev–Trinajstić information content (AvgIpc) is 2.71. The lowest BCUT2D eigenvalue weighted by atomic mass is 10.0. The maximum Gasteiger partial charge on any atom is 0.387 e. The highest BCUT2D eigenvalue weighted by atomic mass is 19.3. The van der Waals surface area contributed by atoms with Crippen LogP contribution in [-0.4, -0.2) is 38.0 Å². The van der Waals surface area contributed by atoms with Crippen molar-refractivity contribution in [1.82, 2.24) is 0 Å². The number of carbonyl (C=O) groups is 3. The Morgan fingerprint density at radius 3 is 2.47 bits per heavy atom. The third-order valence-electron chi connectivity index (χ3n) is 3.95. The third-order valence-corrected chi connectivity index (χ3v) is 3.95. The number of methoxy groups -OCH3 is 1. The van der Waals surface area contributed by atoms with Crippen molar-refractivity contribution in [1.29, 1.82) is 0 Å². The maximum atomic E-state index is 12.4. The highest BCUT2D eigenvalue weighted by Gasteiger charge is 2.16. The van der Waals surface area contributed by atoms with E-state index in [1.807, 2.05) is 6.92 Å². The summed E-state index contributed by atoms with van der Waals surface area (Å²) >= 11 is 0. The Bertz CT molecular complexity index is 916. The lowest BCUT2D eigenvalue weighted by molar-refractivity contribution is -0.147. The summed E-state index contributed by atoms with van der Waals surface area (Å²) in [6, 6.07) is 10.7. The molecule has 0 aliphatic heterocycles. The van der Waals surface area contributed by atoms with Crippen LogP contribution in [0.2, 0.25) is 0 Å². The van der Waals surface area contributed by atoms with Gasteiger partial charge in [0.05, 0.1) is 24.8 Å². The van der Waals surface area contributed by atoms with Gasteiger partial charge in [-0.25, -0.2) is 0 Å². The van der Waals surface area contributed by atoms with Crippen molar-refractivity contribution in [2.45, 2.75) is 26.4 Å². The fourth-order valence-corrected chi connectivity index (χ4v) is 2.56. The molecule has 7 nitrogen and oxygen atoms in total. The molecule has 1 amide bonds. The van der Waals surface area contributed by atoms with Crippen LogP contribution in [0.15, 0.2) is 42.5 Å². The number of alkyl halides is 2. The fourth-order valence-electron chi connectivity index (χ4n) is 2.56. The van der Waals surface area contributed by atoms with Crippen molar-refractivity contribution in [3.8, 4) is 11.5 Å². The smallest absolute Gasteiger partial charge is 0.387 e. The lowest BCUT2D eigenvalue weighted by Gasteiger charge is -2.12. The molecule has 1 N–H and O–H groups in total. The Balaban J connectivity index is 1.83. The molecule has 0 aliphatic rings.